The quantitative estimate of drug-likeness (QED) is 0.324. The second-order valence-electron chi connectivity index (χ2n) is 8.08. The molecule has 7 nitrogen and oxygen atoms in total. The van der Waals surface area contributed by atoms with Crippen LogP contribution >= 0.6 is 0 Å². The Kier molecular flexibility index (Phi) is 9.71. The third-order valence-electron chi connectivity index (χ3n) is 5.51. The Morgan fingerprint density at radius 1 is 0.938 bits per heavy atom. The summed E-state index contributed by atoms with van der Waals surface area (Å²) in [6.07, 6.45) is 13.1. The zero-order valence-electron chi connectivity index (χ0n) is 18.7. The molecule has 0 saturated carbocycles. The van der Waals surface area contributed by atoms with Gasteiger partial charge in [-0.15, -0.1) is 0 Å². The number of nitrogens with zero attached hydrogens (tertiary/aromatic N) is 3. The van der Waals surface area contributed by atoms with E-state index in [1.165, 1.54) is 25.7 Å². The third-order valence-corrected chi connectivity index (χ3v) is 5.51. The number of aromatic nitrogens is 4. The predicted octanol–water partition coefficient (Wildman–Crippen LogP) is 4.58. The van der Waals surface area contributed by atoms with Crippen LogP contribution in [0.2, 0.25) is 0 Å². The summed E-state index contributed by atoms with van der Waals surface area (Å²) in [5.41, 5.74) is 2.45. The number of aryl methyl sites for hydroxylation is 1. The summed E-state index contributed by atoms with van der Waals surface area (Å²) in [4.78, 5) is 18.9. The smallest absolute Gasteiger partial charge is 0.220 e. The molecule has 2 heterocycles. The molecular formula is C25H34N6O. The second kappa shape index (κ2) is 13.2. The molecule has 170 valence electrons. The van der Waals surface area contributed by atoms with Crippen LogP contribution in [0, 0.1) is 5.41 Å². The van der Waals surface area contributed by atoms with Crippen molar-refractivity contribution in [3.63, 3.8) is 0 Å². The number of aromatic amines is 1. The van der Waals surface area contributed by atoms with Crippen LogP contribution in [0.3, 0.4) is 0 Å². The topological polar surface area (TPSA) is 99.4 Å². The normalized spacial score (nSPS) is 10.9. The van der Waals surface area contributed by atoms with Crippen molar-refractivity contribution >= 4 is 5.91 Å². The van der Waals surface area contributed by atoms with Gasteiger partial charge in [0.1, 0.15) is 11.3 Å². The molecule has 32 heavy (non-hydrogen) atoms. The first-order valence-corrected chi connectivity index (χ1v) is 11.7. The summed E-state index contributed by atoms with van der Waals surface area (Å²) < 4.78 is 1.80. The van der Waals surface area contributed by atoms with Gasteiger partial charge < -0.3 is 10.3 Å². The average Bonchev–Trinajstić information content (AvgIpc) is 3.34. The molecule has 3 aromatic rings. The van der Waals surface area contributed by atoms with Crippen LogP contribution in [0.15, 0.2) is 54.9 Å². The summed E-state index contributed by atoms with van der Waals surface area (Å²) in [6, 6.07) is 13.8. The van der Waals surface area contributed by atoms with Gasteiger partial charge in [0, 0.05) is 30.9 Å². The summed E-state index contributed by atoms with van der Waals surface area (Å²) in [6.45, 7) is 1.25. The predicted molar refractivity (Wildman–Crippen MR) is 126 cm³/mol. The number of hydrogen-bond donors (Lipinski definition) is 3. The minimum atomic E-state index is 0.0950. The van der Waals surface area contributed by atoms with Crippen molar-refractivity contribution in [3.8, 4) is 11.3 Å². The van der Waals surface area contributed by atoms with Crippen LogP contribution < -0.4 is 10.8 Å². The molecule has 7 heteroatoms. The van der Waals surface area contributed by atoms with E-state index in [0.29, 0.717) is 18.5 Å². The third kappa shape index (κ3) is 8.13. The Morgan fingerprint density at radius 3 is 2.38 bits per heavy atom. The number of nitrogens with one attached hydrogen (secondary N) is 3. The fraction of sp³-hybridized carbons (Fsp3) is 0.440. The van der Waals surface area contributed by atoms with E-state index in [1.807, 2.05) is 42.5 Å². The first kappa shape index (κ1) is 23.4. The number of H-pyrrole nitrogens is 1. The summed E-state index contributed by atoms with van der Waals surface area (Å²) >= 11 is 0. The number of carbonyl (C=O) groups excluding carboxylic acids is 1. The average molecular weight is 435 g/mol. The van der Waals surface area contributed by atoms with Gasteiger partial charge in [0.2, 0.25) is 5.91 Å². The number of hydrogen-bond acceptors (Lipinski definition) is 4. The summed E-state index contributed by atoms with van der Waals surface area (Å²) in [7, 11) is 0. The van der Waals surface area contributed by atoms with E-state index < -0.39 is 0 Å². The molecule has 0 unspecified atom stereocenters. The van der Waals surface area contributed by atoms with Crippen molar-refractivity contribution in [1.29, 1.82) is 5.41 Å². The number of amides is 1. The first-order chi connectivity index (χ1) is 15.7. The van der Waals surface area contributed by atoms with Crippen LogP contribution in [0.1, 0.15) is 63.6 Å². The highest BCUT2D eigenvalue weighted by molar-refractivity contribution is 5.75. The molecule has 0 bridgehead atoms. The molecule has 0 aliphatic carbocycles. The first-order valence-electron chi connectivity index (χ1n) is 11.7. The second-order valence-corrected chi connectivity index (χ2v) is 8.08. The molecule has 0 spiro atoms. The van der Waals surface area contributed by atoms with Crippen LogP contribution in [-0.2, 0) is 17.9 Å². The van der Waals surface area contributed by atoms with Crippen LogP contribution in [0.25, 0.3) is 11.3 Å². The van der Waals surface area contributed by atoms with E-state index in [4.69, 9.17) is 5.41 Å². The van der Waals surface area contributed by atoms with E-state index in [-0.39, 0.29) is 5.91 Å². The van der Waals surface area contributed by atoms with E-state index in [2.05, 4.69) is 20.4 Å². The van der Waals surface area contributed by atoms with Crippen LogP contribution in [-0.4, -0.2) is 25.7 Å². The van der Waals surface area contributed by atoms with Crippen LogP contribution in [0.4, 0.5) is 0 Å². The molecule has 2 aromatic heterocycles. The van der Waals surface area contributed by atoms with Gasteiger partial charge in [0.05, 0.1) is 12.2 Å². The van der Waals surface area contributed by atoms with E-state index in [1.54, 1.807) is 17.1 Å². The SMILES string of the molecule is N=c1ccc(-c2ccccc2)nn1CCCCCCCCCCC(=O)NCc1ncc[nH]1. The molecule has 0 atom stereocenters. The van der Waals surface area contributed by atoms with Gasteiger partial charge in [-0.05, 0) is 25.0 Å². The Bertz CT molecular complexity index is 981. The van der Waals surface area contributed by atoms with E-state index in [0.717, 1.165) is 49.3 Å². The fourth-order valence-electron chi connectivity index (χ4n) is 3.67. The fourth-order valence-corrected chi connectivity index (χ4v) is 3.67. The highest BCUT2D eigenvalue weighted by Gasteiger charge is 2.03. The molecular weight excluding hydrogens is 400 g/mol. The monoisotopic (exact) mass is 434 g/mol. The van der Waals surface area contributed by atoms with E-state index in [9.17, 15) is 4.79 Å². The maximum atomic E-state index is 11.8. The van der Waals surface area contributed by atoms with Gasteiger partial charge in [0.25, 0.3) is 0 Å². The molecule has 0 aliphatic rings. The maximum absolute atomic E-state index is 11.8. The highest BCUT2D eigenvalue weighted by Crippen LogP contribution is 2.14. The van der Waals surface area contributed by atoms with E-state index >= 15 is 0 Å². The molecule has 0 aliphatic heterocycles. The Balaban J connectivity index is 1.21. The lowest BCUT2D eigenvalue weighted by molar-refractivity contribution is -0.121. The minimum absolute atomic E-state index is 0.0950. The molecule has 0 fully saturated rings. The number of imidazole rings is 1. The Labute approximate surface area is 189 Å². The summed E-state index contributed by atoms with van der Waals surface area (Å²) in [5.74, 6) is 0.882. The lowest BCUT2D eigenvalue weighted by atomic mass is 10.1. The number of rotatable bonds is 14. The molecule has 1 aromatic carbocycles. The highest BCUT2D eigenvalue weighted by atomic mass is 16.1. The molecule has 3 N–H and O–H groups in total. The van der Waals surface area contributed by atoms with Gasteiger partial charge in [-0.3, -0.25) is 10.2 Å². The maximum Gasteiger partial charge on any atom is 0.220 e. The van der Waals surface area contributed by atoms with Gasteiger partial charge in [-0.1, -0.05) is 68.9 Å². The van der Waals surface area contributed by atoms with Crippen molar-refractivity contribution < 1.29 is 4.79 Å². The molecule has 1 amide bonds. The van der Waals surface area contributed by atoms with Crippen LogP contribution in [0.5, 0.6) is 0 Å². The Morgan fingerprint density at radius 2 is 1.66 bits per heavy atom. The van der Waals surface area contributed by atoms with Gasteiger partial charge >= 0.3 is 0 Å². The lowest BCUT2D eigenvalue weighted by Gasteiger charge is -2.08. The number of benzene rings is 1. The largest absolute Gasteiger partial charge is 0.349 e. The molecule has 3 rings (SSSR count). The zero-order valence-corrected chi connectivity index (χ0v) is 18.7. The molecule has 0 saturated heterocycles. The van der Waals surface area contributed by atoms with Gasteiger partial charge in [0.15, 0.2) is 0 Å². The molecule has 0 radical (unpaired) electrons. The lowest BCUT2D eigenvalue weighted by Crippen LogP contribution is -2.22. The number of carbonyl (C=O) groups is 1. The van der Waals surface area contributed by atoms with Crippen molar-refractivity contribution in [2.24, 2.45) is 0 Å². The standard InChI is InChI=1S/C25H34N6O/c26-23-16-15-22(21-12-8-7-9-13-21)30-31(23)19-11-6-4-2-1-3-5-10-14-25(32)29-20-24-27-17-18-28-24/h7-9,12-13,15-18,26H,1-6,10-11,14,19-20H2,(H,27,28)(H,29,32). The van der Waals surface area contributed by atoms with Gasteiger partial charge in [-0.2, -0.15) is 5.10 Å². The minimum Gasteiger partial charge on any atom is -0.349 e. The van der Waals surface area contributed by atoms with Crippen molar-refractivity contribution in [2.45, 2.75) is 70.9 Å². The van der Waals surface area contributed by atoms with Crippen molar-refractivity contribution in [1.82, 2.24) is 25.1 Å². The van der Waals surface area contributed by atoms with Crippen molar-refractivity contribution in [3.05, 3.63) is 66.2 Å². The Hall–Kier alpha value is -3.22. The number of unbranched alkanes of at least 4 members (excludes halogenated alkanes) is 7. The van der Waals surface area contributed by atoms with Crippen molar-refractivity contribution in [2.75, 3.05) is 0 Å². The summed E-state index contributed by atoms with van der Waals surface area (Å²) in [5, 5.41) is 15.6. The zero-order chi connectivity index (χ0) is 22.4. The van der Waals surface area contributed by atoms with Gasteiger partial charge in [-0.25, -0.2) is 9.67 Å².